The van der Waals surface area contributed by atoms with E-state index in [-0.39, 0.29) is 6.42 Å². The molecule has 1 aliphatic carbocycles. The number of hydrogen-bond donors (Lipinski definition) is 0. The van der Waals surface area contributed by atoms with Crippen LogP contribution in [0.25, 0.3) is 0 Å². The van der Waals surface area contributed by atoms with Crippen LogP contribution in [0.1, 0.15) is 55.6 Å². The first-order valence-corrected chi connectivity index (χ1v) is 7.64. The Balaban J connectivity index is 1.78. The molecule has 3 heteroatoms. The second kappa shape index (κ2) is 7.93. The number of hydrogen-bond acceptors (Lipinski definition) is 1. The summed E-state index contributed by atoms with van der Waals surface area (Å²) in [7, 11) is 0. The predicted molar refractivity (Wildman–Crippen MR) is 80.2 cm³/mol. The van der Waals surface area contributed by atoms with Gasteiger partial charge >= 0.3 is 0 Å². The maximum absolute atomic E-state index is 12.0. The zero-order valence-electron chi connectivity index (χ0n) is 12.1. The van der Waals surface area contributed by atoms with Gasteiger partial charge in [0, 0.05) is 6.42 Å². The lowest BCUT2D eigenvalue weighted by molar-refractivity contribution is 0.139. The van der Waals surface area contributed by atoms with Crippen LogP contribution in [0.4, 0.5) is 8.78 Å². The van der Waals surface area contributed by atoms with Gasteiger partial charge in [0.15, 0.2) is 0 Å². The fraction of sp³-hybridized carbons (Fsp3) is 0.500. The summed E-state index contributed by atoms with van der Waals surface area (Å²) in [5.41, 5.74) is 2.02. The first-order valence-electron chi connectivity index (χ1n) is 7.64. The Morgan fingerprint density at radius 2 is 1.81 bits per heavy atom. The van der Waals surface area contributed by atoms with Crippen LogP contribution in [0.3, 0.4) is 0 Å². The van der Waals surface area contributed by atoms with Gasteiger partial charge in [-0.1, -0.05) is 24.3 Å². The molecule has 21 heavy (non-hydrogen) atoms. The van der Waals surface area contributed by atoms with E-state index < -0.39 is 6.43 Å². The number of allylic oxidation sites excluding steroid dienone is 2. The monoisotopic (exact) mass is 289 g/mol. The summed E-state index contributed by atoms with van der Waals surface area (Å²) >= 11 is 0. The van der Waals surface area contributed by atoms with Crippen molar-refractivity contribution in [3.8, 4) is 6.07 Å². The fourth-order valence-electron chi connectivity index (χ4n) is 2.99. The smallest absolute Gasteiger partial charge is 0.211 e. The van der Waals surface area contributed by atoms with E-state index in [1.54, 1.807) is 0 Å². The van der Waals surface area contributed by atoms with Gasteiger partial charge in [0.25, 0.3) is 0 Å². The molecule has 0 saturated heterocycles. The Morgan fingerprint density at radius 3 is 2.38 bits per heavy atom. The van der Waals surface area contributed by atoms with Crippen LogP contribution in [0, 0.1) is 17.2 Å². The van der Waals surface area contributed by atoms with E-state index in [9.17, 15) is 8.78 Å². The lowest BCUT2D eigenvalue weighted by Gasteiger charge is -2.27. The normalized spacial score (nSPS) is 22.6. The molecule has 0 aromatic heterocycles. The number of alkyl halides is 2. The molecule has 0 atom stereocenters. The minimum atomic E-state index is -2.19. The number of nitrogens with zero attached hydrogens (tertiary/aromatic N) is 1. The van der Waals surface area contributed by atoms with E-state index in [0.29, 0.717) is 23.8 Å². The molecule has 0 unspecified atom stereocenters. The van der Waals surface area contributed by atoms with Crippen LogP contribution in [-0.2, 0) is 0 Å². The highest BCUT2D eigenvalue weighted by atomic mass is 19.3. The van der Waals surface area contributed by atoms with E-state index in [4.69, 9.17) is 5.26 Å². The van der Waals surface area contributed by atoms with E-state index >= 15 is 0 Å². The second-order valence-electron chi connectivity index (χ2n) is 5.74. The van der Waals surface area contributed by atoms with Gasteiger partial charge in [-0.3, -0.25) is 0 Å². The summed E-state index contributed by atoms with van der Waals surface area (Å²) < 4.78 is 24.1. The quantitative estimate of drug-likeness (QED) is 0.663. The van der Waals surface area contributed by atoms with Crippen molar-refractivity contribution in [3.05, 3.63) is 47.5 Å². The van der Waals surface area contributed by atoms with E-state index in [0.717, 1.165) is 25.7 Å². The average Bonchev–Trinajstić information content (AvgIpc) is 2.52. The summed E-state index contributed by atoms with van der Waals surface area (Å²) in [6.45, 7) is 0. The van der Waals surface area contributed by atoms with Gasteiger partial charge < -0.3 is 0 Å². The summed E-state index contributed by atoms with van der Waals surface area (Å²) in [4.78, 5) is 0. The number of nitriles is 1. The lowest BCUT2D eigenvalue weighted by Crippen LogP contribution is -2.11. The zero-order valence-corrected chi connectivity index (χ0v) is 12.1. The number of rotatable bonds is 5. The highest BCUT2D eigenvalue weighted by molar-refractivity contribution is 5.33. The van der Waals surface area contributed by atoms with Crippen molar-refractivity contribution in [2.75, 3.05) is 0 Å². The maximum Gasteiger partial charge on any atom is 0.238 e. The van der Waals surface area contributed by atoms with Gasteiger partial charge in [0.1, 0.15) is 0 Å². The minimum absolute atomic E-state index is 0.0307. The SMILES string of the molecule is N#Cc1ccc(C2CCC(C=CCCC(F)F)CC2)cc1. The molecule has 1 aliphatic rings. The molecule has 0 amide bonds. The van der Waals surface area contributed by atoms with Gasteiger partial charge in [-0.2, -0.15) is 5.26 Å². The third kappa shape index (κ3) is 4.97. The lowest BCUT2D eigenvalue weighted by atomic mass is 9.78. The van der Waals surface area contributed by atoms with Crippen LogP contribution >= 0.6 is 0 Å². The summed E-state index contributed by atoms with van der Waals surface area (Å²) in [5.74, 6) is 1.11. The van der Waals surface area contributed by atoms with Gasteiger partial charge in [-0.15, -0.1) is 0 Å². The van der Waals surface area contributed by atoms with Crippen LogP contribution in [0.15, 0.2) is 36.4 Å². The largest absolute Gasteiger partial charge is 0.238 e. The third-order valence-electron chi connectivity index (χ3n) is 4.24. The number of halogens is 2. The summed E-state index contributed by atoms with van der Waals surface area (Å²) in [6.07, 6.45) is 6.80. The van der Waals surface area contributed by atoms with Gasteiger partial charge in [-0.05, 0) is 61.6 Å². The zero-order chi connectivity index (χ0) is 15.1. The molecule has 0 spiro atoms. The highest BCUT2D eigenvalue weighted by Crippen LogP contribution is 2.36. The van der Waals surface area contributed by atoms with Crippen molar-refractivity contribution in [2.45, 2.75) is 50.9 Å². The molecule has 2 rings (SSSR count). The van der Waals surface area contributed by atoms with Crippen LogP contribution in [0.2, 0.25) is 0 Å². The van der Waals surface area contributed by atoms with Gasteiger partial charge in [-0.25, -0.2) is 8.78 Å². The van der Waals surface area contributed by atoms with E-state index in [1.165, 1.54) is 5.56 Å². The molecule has 1 aromatic carbocycles. The molecular formula is C18H21F2N. The highest BCUT2D eigenvalue weighted by Gasteiger charge is 2.20. The van der Waals surface area contributed by atoms with Crippen molar-refractivity contribution >= 4 is 0 Å². The molecular weight excluding hydrogens is 268 g/mol. The Morgan fingerprint density at radius 1 is 1.14 bits per heavy atom. The molecule has 0 bridgehead atoms. The molecule has 0 heterocycles. The summed E-state index contributed by atoms with van der Waals surface area (Å²) in [6, 6.07) is 10.0. The molecule has 1 aromatic rings. The molecule has 0 N–H and O–H groups in total. The Hall–Kier alpha value is -1.69. The Bertz CT molecular complexity index is 491. The van der Waals surface area contributed by atoms with Crippen molar-refractivity contribution in [3.63, 3.8) is 0 Å². The average molecular weight is 289 g/mol. The molecule has 112 valence electrons. The molecule has 1 fully saturated rings. The van der Waals surface area contributed by atoms with Crippen molar-refractivity contribution in [1.82, 2.24) is 0 Å². The minimum Gasteiger partial charge on any atom is -0.211 e. The Kier molecular flexibility index (Phi) is 5.92. The molecule has 0 radical (unpaired) electrons. The maximum atomic E-state index is 12.0. The second-order valence-corrected chi connectivity index (χ2v) is 5.74. The predicted octanol–water partition coefficient (Wildman–Crippen LogP) is 5.43. The van der Waals surface area contributed by atoms with E-state index in [1.807, 2.05) is 18.2 Å². The van der Waals surface area contributed by atoms with Gasteiger partial charge in [0.2, 0.25) is 6.43 Å². The summed E-state index contributed by atoms with van der Waals surface area (Å²) in [5, 5.41) is 8.81. The molecule has 1 nitrogen and oxygen atoms in total. The fourth-order valence-corrected chi connectivity index (χ4v) is 2.99. The molecule has 0 aliphatic heterocycles. The third-order valence-corrected chi connectivity index (χ3v) is 4.24. The van der Waals surface area contributed by atoms with Crippen LogP contribution < -0.4 is 0 Å². The first kappa shape index (κ1) is 15.7. The van der Waals surface area contributed by atoms with Crippen LogP contribution in [-0.4, -0.2) is 6.43 Å². The first-order chi connectivity index (χ1) is 10.2. The molecule has 1 saturated carbocycles. The van der Waals surface area contributed by atoms with Crippen molar-refractivity contribution in [2.24, 2.45) is 5.92 Å². The standard InChI is InChI=1S/C18H21F2N/c19-18(20)4-2-1-3-14-5-9-16(10-6-14)17-11-7-15(13-21)8-12-17/h1,3,7-8,11-12,14,16,18H,2,4-6,9-10H2. The number of benzene rings is 1. The Labute approximate surface area is 125 Å². The van der Waals surface area contributed by atoms with E-state index in [2.05, 4.69) is 24.3 Å². The van der Waals surface area contributed by atoms with Crippen molar-refractivity contribution in [1.29, 1.82) is 5.26 Å². The topological polar surface area (TPSA) is 23.8 Å². The van der Waals surface area contributed by atoms with Gasteiger partial charge in [0.05, 0.1) is 11.6 Å². The van der Waals surface area contributed by atoms with Crippen molar-refractivity contribution < 1.29 is 8.78 Å². The van der Waals surface area contributed by atoms with Crippen LogP contribution in [0.5, 0.6) is 0 Å².